The molecule has 134 valence electrons. The average Bonchev–Trinajstić information content (AvgIpc) is 3.07. The number of piperidine rings is 1. The van der Waals surface area contributed by atoms with Crippen LogP contribution in [0.4, 0.5) is 0 Å². The Hall–Kier alpha value is -2.24. The van der Waals surface area contributed by atoms with Crippen LogP contribution in [0.1, 0.15) is 66.4 Å². The van der Waals surface area contributed by atoms with Crippen molar-refractivity contribution in [1.82, 2.24) is 24.4 Å². The van der Waals surface area contributed by atoms with Gasteiger partial charge in [0.25, 0.3) is 5.91 Å². The van der Waals surface area contributed by atoms with Gasteiger partial charge in [-0.3, -0.25) is 4.79 Å². The van der Waals surface area contributed by atoms with Gasteiger partial charge >= 0.3 is 0 Å². The van der Waals surface area contributed by atoms with E-state index < -0.39 is 0 Å². The lowest BCUT2D eigenvalue weighted by Crippen LogP contribution is -2.40. The second kappa shape index (κ2) is 7.76. The van der Waals surface area contributed by atoms with E-state index in [1.165, 1.54) is 6.42 Å². The summed E-state index contributed by atoms with van der Waals surface area (Å²) in [4.78, 5) is 28.0. The van der Waals surface area contributed by atoms with Crippen molar-refractivity contribution in [3.05, 3.63) is 41.5 Å². The lowest BCUT2D eigenvalue weighted by molar-refractivity contribution is 0.0696. The first-order valence-corrected chi connectivity index (χ1v) is 9.21. The lowest BCUT2D eigenvalue weighted by Gasteiger charge is -2.32. The molecule has 1 saturated heterocycles. The Morgan fingerprint density at radius 3 is 2.92 bits per heavy atom. The van der Waals surface area contributed by atoms with Crippen molar-refractivity contribution in [1.29, 1.82) is 0 Å². The molecule has 0 N–H and O–H groups in total. The third-order valence-electron chi connectivity index (χ3n) is 4.76. The molecular formula is C19H27N5O. The van der Waals surface area contributed by atoms with Gasteiger partial charge < -0.3 is 9.47 Å². The summed E-state index contributed by atoms with van der Waals surface area (Å²) in [5.41, 5.74) is 1.33. The molecule has 2 aromatic rings. The Bertz CT molecular complexity index is 719. The van der Waals surface area contributed by atoms with E-state index in [9.17, 15) is 4.79 Å². The van der Waals surface area contributed by atoms with E-state index in [0.717, 1.165) is 43.9 Å². The van der Waals surface area contributed by atoms with E-state index >= 15 is 0 Å². The van der Waals surface area contributed by atoms with Crippen LogP contribution in [0.5, 0.6) is 0 Å². The Labute approximate surface area is 149 Å². The first kappa shape index (κ1) is 17.6. The van der Waals surface area contributed by atoms with Gasteiger partial charge in [-0.15, -0.1) is 0 Å². The van der Waals surface area contributed by atoms with Crippen molar-refractivity contribution in [2.24, 2.45) is 0 Å². The monoisotopic (exact) mass is 341 g/mol. The second-order valence-corrected chi connectivity index (χ2v) is 6.86. The molecule has 3 rings (SSSR count). The summed E-state index contributed by atoms with van der Waals surface area (Å²) in [5, 5.41) is 0. The van der Waals surface area contributed by atoms with Gasteiger partial charge in [0.05, 0.1) is 0 Å². The first-order chi connectivity index (χ1) is 12.1. The summed E-state index contributed by atoms with van der Waals surface area (Å²) >= 11 is 0. The summed E-state index contributed by atoms with van der Waals surface area (Å²) in [7, 11) is 0. The summed E-state index contributed by atoms with van der Waals surface area (Å²) in [6.45, 7) is 8.42. The topological polar surface area (TPSA) is 63.9 Å². The number of carbonyl (C=O) groups excluding carboxylic acids is 1. The quantitative estimate of drug-likeness (QED) is 0.838. The molecule has 0 radical (unpaired) electrons. The van der Waals surface area contributed by atoms with Crippen LogP contribution >= 0.6 is 0 Å². The molecule has 1 fully saturated rings. The van der Waals surface area contributed by atoms with Gasteiger partial charge in [-0.1, -0.05) is 13.3 Å². The maximum Gasteiger partial charge on any atom is 0.272 e. The van der Waals surface area contributed by atoms with E-state index in [-0.39, 0.29) is 5.91 Å². The van der Waals surface area contributed by atoms with Gasteiger partial charge in [-0.2, -0.15) is 0 Å². The Balaban J connectivity index is 1.75. The van der Waals surface area contributed by atoms with E-state index in [4.69, 9.17) is 0 Å². The molecule has 1 aliphatic rings. The van der Waals surface area contributed by atoms with Crippen molar-refractivity contribution in [2.75, 3.05) is 13.1 Å². The molecule has 0 saturated carbocycles. The second-order valence-electron chi connectivity index (χ2n) is 6.86. The molecule has 1 amide bonds. The predicted octanol–water partition coefficient (Wildman–Crippen LogP) is 3.11. The van der Waals surface area contributed by atoms with Crippen LogP contribution < -0.4 is 0 Å². The van der Waals surface area contributed by atoms with Crippen LogP contribution in [0.3, 0.4) is 0 Å². The smallest absolute Gasteiger partial charge is 0.272 e. The van der Waals surface area contributed by atoms with Crippen LogP contribution in [0, 0.1) is 13.8 Å². The standard InChI is InChI=1S/C19H27N5O/c1-4-5-9-23-11-8-20-18(23)16-7-6-10-24(13-16)19(25)17-12-14(2)21-15(3)22-17/h8,11-12,16H,4-7,9-10,13H2,1-3H3/t16-/m0/s1. The first-order valence-electron chi connectivity index (χ1n) is 9.21. The highest BCUT2D eigenvalue weighted by Crippen LogP contribution is 2.27. The SMILES string of the molecule is CCCCn1ccnc1[C@H]1CCCN(C(=O)c2cc(C)nc(C)n2)C1. The summed E-state index contributed by atoms with van der Waals surface area (Å²) in [6, 6.07) is 1.78. The molecule has 6 heteroatoms. The van der Waals surface area contributed by atoms with Crippen molar-refractivity contribution in [3.63, 3.8) is 0 Å². The summed E-state index contributed by atoms with van der Waals surface area (Å²) in [6.07, 6.45) is 8.33. The van der Waals surface area contributed by atoms with Crippen molar-refractivity contribution in [3.8, 4) is 0 Å². The predicted molar refractivity (Wildman–Crippen MR) is 96.5 cm³/mol. The molecule has 0 aliphatic carbocycles. The van der Waals surface area contributed by atoms with Crippen molar-refractivity contribution >= 4 is 5.91 Å². The molecule has 25 heavy (non-hydrogen) atoms. The lowest BCUT2D eigenvalue weighted by atomic mass is 9.96. The highest BCUT2D eigenvalue weighted by molar-refractivity contribution is 5.92. The average molecular weight is 341 g/mol. The maximum atomic E-state index is 12.9. The van der Waals surface area contributed by atoms with Crippen LogP contribution in [0.25, 0.3) is 0 Å². The molecule has 6 nitrogen and oxygen atoms in total. The Kier molecular flexibility index (Phi) is 5.46. The van der Waals surface area contributed by atoms with Gasteiger partial charge in [-0.25, -0.2) is 15.0 Å². The minimum Gasteiger partial charge on any atom is -0.337 e. The maximum absolute atomic E-state index is 12.9. The zero-order chi connectivity index (χ0) is 17.8. The normalized spacial score (nSPS) is 17.7. The third-order valence-corrected chi connectivity index (χ3v) is 4.76. The number of nitrogens with zero attached hydrogens (tertiary/aromatic N) is 5. The van der Waals surface area contributed by atoms with Crippen molar-refractivity contribution < 1.29 is 4.79 Å². The number of rotatable bonds is 5. The van der Waals surface area contributed by atoms with Crippen LogP contribution in [0.15, 0.2) is 18.5 Å². The third kappa shape index (κ3) is 4.06. The minimum absolute atomic E-state index is 0.00460. The largest absolute Gasteiger partial charge is 0.337 e. The number of aryl methyl sites for hydroxylation is 3. The molecular weight excluding hydrogens is 314 g/mol. The number of unbranched alkanes of at least 4 members (excludes halogenated alkanes) is 1. The number of imidazole rings is 1. The number of hydrogen-bond donors (Lipinski definition) is 0. The van der Waals surface area contributed by atoms with E-state index in [2.05, 4.69) is 32.6 Å². The van der Waals surface area contributed by atoms with Gasteiger partial charge in [0, 0.05) is 43.6 Å². The molecule has 1 aliphatic heterocycles. The molecule has 3 heterocycles. The van der Waals surface area contributed by atoms with Crippen molar-refractivity contribution in [2.45, 2.75) is 58.9 Å². The number of likely N-dealkylation sites (tertiary alicyclic amines) is 1. The van der Waals surface area contributed by atoms with Gasteiger partial charge in [0.1, 0.15) is 17.3 Å². The Morgan fingerprint density at radius 2 is 2.16 bits per heavy atom. The fourth-order valence-electron chi connectivity index (χ4n) is 3.56. The molecule has 0 bridgehead atoms. The number of aromatic nitrogens is 4. The highest BCUT2D eigenvalue weighted by atomic mass is 16.2. The van der Waals surface area contributed by atoms with Crippen LogP contribution in [-0.2, 0) is 6.54 Å². The minimum atomic E-state index is 0.00460. The highest BCUT2D eigenvalue weighted by Gasteiger charge is 2.28. The molecule has 0 aromatic carbocycles. The van der Waals surface area contributed by atoms with E-state index in [1.54, 1.807) is 6.07 Å². The number of amides is 1. The fourth-order valence-corrected chi connectivity index (χ4v) is 3.56. The molecule has 0 spiro atoms. The van der Waals surface area contributed by atoms with Crippen LogP contribution in [0.2, 0.25) is 0 Å². The molecule has 1 atom stereocenters. The van der Waals surface area contributed by atoms with E-state index in [0.29, 0.717) is 24.0 Å². The van der Waals surface area contributed by atoms with Crippen LogP contribution in [-0.4, -0.2) is 43.4 Å². The number of carbonyl (C=O) groups is 1. The van der Waals surface area contributed by atoms with Gasteiger partial charge in [0.15, 0.2) is 0 Å². The zero-order valence-electron chi connectivity index (χ0n) is 15.4. The summed E-state index contributed by atoms with van der Waals surface area (Å²) < 4.78 is 2.25. The fraction of sp³-hybridized carbons (Fsp3) is 0.579. The Morgan fingerprint density at radius 1 is 1.32 bits per heavy atom. The molecule has 0 unspecified atom stereocenters. The zero-order valence-corrected chi connectivity index (χ0v) is 15.4. The van der Waals surface area contributed by atoms with E-state index in [1.807, 2.05) is 24.9 Å². The summed E-state index contributed by atoms with van der Waals surface area (Å²) in [5.74, 6) is 2.06. The van der Waals surface area contributed by atoms with Gasteiger partial charge in [-0.05, 0) is 39.2 Å². The van der Waals surface area contributed by atoms with Gasteiger partial charge in [0.2, 0.25) is 0 Å². The molecule has 2 aromatic heterocycles. The number of hydrogen-bond acceptors (Lipinski definition) is 4.